The van der Waals surface area contributed by atoms with Crippen molar-refractivity contribution < 1.29 is 18.1 Å². The summed E-state index contributed by atoms with van der Waals surface area (Å²) in [5.41, 5.74) is 1.25. The van der Waals surface area contributed by atoms with E-state index in [1.807, 2.05) is 13.0 Å². The van der Waals surface area contributed by atoms with Crippen LogP contribution in [0.15, 0.2) is 24.4 Å². The van der Waals surface area contributed by atoms with Gasteiger partial charge in [-0.25, -0.2) is 4.39 Å². The quantitative estimate of drug-likeness (QED) is 0.871. The molecule has 1 aliphatic heterocycles. The molecule has 0 aliphatic carbocycles. The number of rotatable bonds is 3. The van der Waals surface area contributed by atoms with E-state index in [4.69, 9.17) is 9.31 Å². The largest absolute Gasteiger partial charge is 0.496 e. The molecule has 1 aliphatic rings. The SMILES string of the molecule is CCC(C)C1(C)OB(c2cc(F)cc3cc[nH]c23)OC1C.CF. The van der Waals surface area contributed by atoms with Crippen LogP contribution in [0.3, 0.4) is 0 Å². The van der Waals surface area contributed by atoms with Crippen LogP contribution in [-0.2, 0) is 9.31 Å². The van der Waals surface area contributed by atoms with E-state index in [9.17, 15) is 8.78 Å². The Balaban J connectivity index is 0.000000924. The Bertz CT molecular complexity index is 663. The maximum absolute atomic E-state index is 13.8. The number of H-pyrrole nitrogens is 1. The molecule has 126 valence electrons. The van der Waals surface area contributed by atoms with Gasteiger partial charge in [-0.1, -0.05) is 20.3 Å². The Labute approximate surface area is 136 Å². The first-order chi connectivity index (χ1) is 11.0. The molecule has 1 aromatic heterocycles. The average molecular weight is 323 g/mol. The van der Waals surface area contributed by atoms with Crippen LogP contribution in [0.1, 0.15) is 34.1 Å². The Morgan fingerprint density at radius 3 is 2.74 bits per heavy atom. The van der Waals surface area contributed by atoms with E-state index in [-0.39, 0.29) is 17.5 Å². The van der Waals surface area contributed by atoms with Gasteiger partial charge in [0.2, 0.25) is 0 Å². The summed E-state index contributed by atoms with van der Waals surface area (Å²) in [6, 6.07) is 4.87. The highest BCUT2D eigenvalue weighted by atomic mass is 19.1. The van der Waals surface area contributed by atoms with E-state index in [0.717, 1.165) is 22.8 Å². The molecule has 3 unspecified atom stereocenters. The molecule has 0 saturated carbocycles. The van der Waals surface area contributed by atoms with E-state index in [1.54, 1.807) is 6.20 Å². The molecule has 1 N–H and O–H groups in total. The van der Waals surface area contributed by atoms with Crippen molar-refractivity contribution in [2.45, 2.75) is 45.8 Å². The maximum atomic E-state index is 13.8. The normalized spacial score (nSPS) is 25.3. The van der Waals surface area contributed by atoms with Crippen LogP contribution in [0, 0.1) is 11.7 Å². The molecule has 1 fully saturated rings. The van der Waals surface area contributed by atoms with Crippen molar-refractivity contribution in [2.75, 3.05) is 7.18 Å². The molecule has 3 atom stereocenters. The van der Waals surface area contributed by atoms with Crippen molar-refractivity contribution >= 4 is 23.5 Å². The number of hydrogen-bond donors (Lipinski definition) is 1. The molecule has 2 heterocycles. The van der Waals surface area contributed by atoms with Crippen molar-refractivity contribution in [2.24, 2.45) is 5.92 Å². The number of fused-ring (bicyclic) bond motifs is 1. The third-order valence-corrected chi connectivity index (χ3v) is 5.00. The van der Waals surface area contributed by atoms with Gasteiger partial charge in [-0.2, -0.15) is 0 Å². The Morgan fingerprint density at radius 1 is 1.39 bits per heavy atom. The van der Waals surface area contributed by atoms with E-state index < -0.39 is 7.12 Å². The highest BCUT2D eigenvalue weighted by Gasteiger charge is 2.50. The summed E-state index contributed by atoms with van der Waals surface area (Å²) < 4.78 is 35.6. The number of aromatic amines is 1. The number of alkyl halides is 1. The molecular weight excluding hydrogens is 299 g/mol. The van der Waals surface area contributed by atoms with Crippen molar-refractivity contribution in [1.82, 2.24) is 4.98 Å². The molecule has 3 rings (SSSR count). The highest BCUT2D eigenvalue weighted by molar-refractivity contribution is 6.64. The second kappa shape index (κ2) is 7.01. The second-order valence-corrected chi connectivity index (χ2v) is 6.16. The highest BCUT2D eigenvalue weighted by Crippen LogP contribution is 2.36. The zero-order valence-corrected chi connectivity index (χ0v) is 14.3. The van der Waals surface area contributed by atoms with E-state index in [1.165, 1.54) is 12.1 Å². The first-order valence-electron chi connectivity index (χ1n) is 7.93. The van der Waals surface area contributed by atoms with E-state index in [2.05, 4.69) is 25.8 Å². The zero-order chi connectivity index (χ0) is 17.2. The fourth-order valence-electron chi connectivity index (χ4n) is 3.08. The molecule has 3 nitrogen and oxygen atoms in total. The first kappa shape index (κ1) is 18.0. The lowest BCUT2D eigenvalue weighted by atomic mass is 9.77. The summed E-state index contributed by atoms with van der Waals surface area (Å²) >= 11 is 0. The summed E-state index contributed by atoms with van der Waals surface area (Å²) in [5.74, 6) is 0.0966. The summed E-state index contributed by atoms with van der Waals surface area (Å²) in [6.45, 7) is 8.41. The smallest absolute Gasteiger partial charge is 0.402 e. The molecule has 6 heteroatoms. The van der Waals surface area contributed by atoms with Crippen LogP contribution in [-0.4, -0.2) is 31.0 Å². The van der Waals surface area contributed by atoms with Crippen molar-refractivity contribution in [3.05, 3.63) is 30.2 Å². The van der Waals surface area contributed by atoms with Gasteiger partial charge in [0.1, 0.15) is 5.82 Å². The zero-order valence-electron chi connectivity index (χ0n) is 14.3. The second-order valence-electron chi connectivity index (χ2n) is 6.16. The fourth-order valence-corrected chi connectivity index (χ4v) is 3.08. The number of halogens is 2. The van der Waals surface area contributed by atoms with Gasteiger partial charge in [0, 0.05) is 22.6 Å². The van der Waals surface area contributed by atoms with Gasteiger partial charge in [0.25, 0.3) is 0 Å². The van der Waals surface area contributed by atoms with Gasteiger partial charge < -0.3 is 14.3 Å². The van der Waals surface area contributed by atoms with Crippen LogP contribution < -0.4 is 5.46 Å². The van der Waals surface area contributed by atoms with Crippen molar-refractivity contribution in [1.29, 1.82) is 0 Å². The summed E-state index contributed by atoms with van der Waals surface area (Å²) in [4.78, 5) is 3.15. The minimum atomic E-state index is -0.532. The number of hydrogen-bond acceptors (Lipinski definition) is 2. The predicted octanol–water partition coefficient (Wildman–Crippen LogP) is 3.83. The Hall–Kier alpha value is -1.40. The topological polar surface area (TPSA) is 34.2 Å². The fraction of sp³-hybridized carbons (Fsp3) is 0.529. The summed E-state index contributed by atoms with van der Waals surface area (Å²) in [5, 5.41) is 0.835. The molecule has 0 spiro atoms. The number of aromatic nitrogens is 1. The van der Waals surface area contributed by atoms with Crippen LogP contribution in [0.4, 0.5) is 8.78 Å². The van der Waals surface area contributed by atoms with Gasteiger partial charge in [-0.3, -0.25) is 4.39 Å². The first-order valence-corrected chi connectivity index (χ1v) is 7.93. The molecule has 23 heavy (non-hydrogen) atoms. The third-order valence-electron chi connectivity index (χ3n) is 5.00. The number of benzene rings is 1. The predicted molar refractivity (Wildman–Crippen MR) is 90.2 cm³/mol. The van der Waals surface area contributed by atoms with Crippen molar-refractivity contribution in [3.8, 4) is 0 Å². The molecule has 2 aromatic rings. The monoisotopic (exact) mass is 323 g/mol. The lowest BCUT2D eigenvalue weighted by Gasteiger charge is -2.33. The Morgan fingerprint density at radius 2 is 2.09 bits per heavy atom. The average Bonchev–Trinajstić information content (AvgIpc) is 3.13. The standard InChI is InChI=1S/C16H21BFNO2.CH3F/c1-5-10(2)16(4)11(3)20-17(21-16)14-9-13(18)8-12-6-7-19-15(12)14;1-2/h6-11,19H,5H2,1-4H3;1H3. The Kier molecular flexibility index (Phi) is 5.47. The lowest BCUT2D eigenvalue weighted by Crippen LogP contribution is -2.42. The maximum Gasteiger partial charge on any atom is 0.496 e. The van der Waals surface area contributed by atoms with Gasteiger partial charge in [0.05, 0.1) is 18.9 Å². The minimum Gasteiger partial charge on any atom is -0.402 e. The van der Waals surface area contributed by atoms with Crippen LogP contribution >= 0.6 is 0 Å². The van der Waals surface area contributed by atoms with Crippen molar-refractivity contribution in [3.63, 3.8) is 0 Å². The summed E-state index contributed by atoms with van der Waals surface area (Å²) in [6.07, 6.45) is 2.78. The van der Waals surface area contributed by atoms with E-state index in [0.29, 0.717) is 13.1 Å². The molecular formula is C17H24BF2NO2. The van der Waals surface area contributed by atoms with Gasteiger partial charge in [0.15, 0.2) is 0 Å². The van der Waals surface area contributed by atoms with Crippen LogP contribution in [0.2, 0.25) is 0 Å². The molecule has 0 bridgehead atoms. The van der Waals surface area contributed by atoms with Crippen LogP contribution in [0.25, 0.3) is 10.9 Å². The lowest BCUT2D eigenvalue weighted by molar-refractivity contribution is 0.0110. The number of nitrogens with one attached hydrogen (secondary N) is 1. The summed E-state index contributed by atoms with van der Waals surface area (Å²) in [7, 11) is -0.0316. The molecule has 0 radical (unpaired) electrons. The van der Waals surface area contributed by atoms with Gasteiger partial charge in [-0.05, 0) is 38.0 Å². The third kappa shape index (κ3) is 3.15. The van der Waals surface area contributed by atoms with Gasteiger partial charge >= 0.3 is 7.12 Å². The van der Waals surface area contributed by atoms with Crippen LogP contribution in [0.5, 0.6) is 0 Å². The van der Waals surface area contributed by atoms with E-state index >= 15 is 0 Å². The minimum absolute atomic E-state index is 0.0364. The molecule has 1 saturated heterocycles. The molecule has 0 amide bonds. The molecule has 1 aromatic carbocycles. The van der Waals surface area contributed by atoms with Gasteiger partial charge in [-0.15, -0.1) is 0 Å².